The maximum atomic E-state index is 5.68. The smallest absolute Gasteiger partial charge is 0.123 e. The van der Waals surface area contributed by atoms with Crippen LogP contribution in [-0.2, 0) is 0 Å². The van der Waals surface area contributed by atoms with Crippen LogP contribution in [0.3, 0.4) is 0 Å². The Labute approximate surface area is 343 Å². The Balaban J connectivity index is 1.08. The van der Waals surface area contributed by atoms with Gasteiger partial charge in [0.05, 0.1) is 27.8 Å². The normalized spacial score (nSPS) is 12.6. The van der Waals surface area contributed by atoms with Gasteiger partial charge in [-0.25, -0.2) is 0 Å². The number of aromatic nitrogens is 2. The molecule has 0 saturated carbocycles. The lowest BCUT2D eigenvalue weighted by Gasteiger charge is -2.18. The Morgan fingerprint density at radius 2 is 1.10 bits per heavy atom. The molecule has 0 amide bonds. The zero-order chi connectivity index (χ0) is 39.5. The van der Waals surface area contributed by atoms with Crippen molar-refractivity contribution in [3.8, 4) is 27.9 Å². The lowest BCUT2D eigenvalue weighted by molar-refractivity contribution is 0.614. The predicted octanol–water partition coefficient (Wildman–Crippen LogP) is 14.7. The van der Waals surface area contributed by atoms with E-state index >= 15 is 0 Å². The molecule has 3 nitrogen and oxygen atoms in total. The molecule has 0 aliphatic carbocycles. The molecule has 0 aliphatic heterocycles. The Hall–Kier alpha value is -7.49. The van der Waals surface area contributed by atoms with E-state index in [1.54, 1.807) is 0 Å². The van der Waals surface area contributed by atoms with Crippen LogP contribution < -0.4 is 0 Å². The molecule has 11 rings (SSSR count). The third-order valence-corrected chi connectivity index (χ3v) is 12.0. The fourth-order valence-electron chi connectivity index (χ4n) is 9.27. The zero-order valence-electron chi connectivity index (χ0n) is 33.0. The van der Waals surface area contributed by atoms with Crippen LogP contribution in [0.2, 0.25) is 0 Å². The molecule has 280 valence electrons. The number of aryl methyl sites for hydroxylation is 1. The molecule has 0 bridgehead atoms. The second-order valence-electron chi connectivity index (χ2n) is 15.6. The minimum absolute atomic E-state index is 0.207. The third kappa shape index (κ3) is 5.85. The minimum Gasteiger partial charge on any atom is -0.318 e. The summed E-state index contributed by atoms with van der Waals surface area (Å²) in [5.74, 6) is 0. The summed E-state index contributed by atoms with van der Waals surface area (Å²) in [7, 11) is 0. The van der Waals surface area contributed by atoms with Crippen molar-refractivity contribution >= 4 is 60.1 Å². The molecule has 1 atom stereocenters. The lowest BCUT2D eigenvalue weighted by Crippen LogP contribution is -2.11. The maximum absolute atomic E-state index is 5.68. The van der Waals surface area contributed by atoms with Crippen LogP contribution in [0.25, 0.3) is 82.3 Å². The summed E-state index contributed by atoms with van der Waals surface area (Å²) in [6, 6.07) is 74.7. The molecule has 2 heterocycles. The molecule has 59 heavy (non-hydrogen) atoms. The van der Waals surface area contributed by atoms with Crippen LogP contribution in [0.5, 0.6) is 0 Å². The predicted molar refractivity (Wildman–Crippen MR) is 250 cm³/mol. The fourth-order valence-corrected chi connectivity index (χ4v) is 9.27. The van der Waals surface area contributed by atoms with Crippen molar-refractivity contribution < 1.29 is 0 Å². The van der Waals surface area contributed by atoms with Crippen LogP contribution in [0.4, 0.5) is 0 Å². The highest BCUT2D eigenvalue weighted by atomic mass is 15.1. The summed E-state index contributed by atoms with van der Waals surface area (Å²) in [6.45, 7) is 4.41. The van der Waals surface area contributed by atoms with E-state index in [-0.39, 0.29) is 6.17 Å². The summed E-state index contributed by atoms with van der Waals surface area (Å²) in [4.78, 5) is 5.68. The molecular weight excluding hydrogens is 715 g/mol. The summed E-state index contributed by atoms with van der Waals surface area (Å²) in [5, 5.41) is 7.38. The Bertz CT molecular complexity index is 3400. The van der Waals surface area contributed by atoms with Gasteiger partial charge in [-0.1, -0.05) is 158 Å². The fraction of sp³-hybridized carbons (Fsp3) is 0.0536. The first-order chi connectivity index (χ1) is 29.1. The average Bonchev–Trinajstić information content (AvgIpc) is 3.81. The van der Waals surface area contributed by atoms with Crippen LogP contribution in [-0.4, -0.2) is 14.8 Å². The number of aliphatic imine (C=N–C) groups is 1. The number of para-hydroxylation sites is 3. The van der Waals surface area contributed by atoms with Gasteiger partial charge in [0, 0.05) is 38.4 Å². The van der Waals surface area contributed by atoms with Gasteiger partial charge in [0.15, 0.2) is 0 Å². The van der Waals surface area contributed by atoms with Crippen molar-refractivity contribution in [2.45, 2.75) is 20.0 Å². The van der Waals surface area contributed by atoms with E-state index in [0.29, 0.717) is 0 Å². The molecule has 0 aliphatic rings. The zero-order valence-corrected chi connectivity index (χ0v) is 33.0. The minimum atomic E-state index is -0.207. The first-order valence-corrected chi connectivity index (χ1v) is 20.4. The highest BCUT2D eigenvalue weighted by Gasteiger charge is 2.21. The Morgan fingerprint density at radius 3 is 1.93 bits per heavy atom. The highest BCUT2D eigenvalue weighted by molar-refractivity contribution is 6.18. The van der Waals surface area contributed by atoms with Crippen LogP contribution >= 0.6 is 0 Å². The third-order valence-electron chi connectivity index (χ3n) is 12.0. The quantitative estimate of drug-likeness (QED) is 0.145. The summed E-state index contributed by atoms with van der Waals surface area (Å²) >= 11 is 0. The monoisotopic (exact) mass is 755 g/mol. The molecule has 11 aromatic rings. The summed E-state index contributed by atoms with van der Waals surface area (Å²) in [5.41, 5.74) is 15.2. The highest BCUT2D eigenvalue weighted by Crippen LogP contribution is 2.41. The Morgan fingerprint density at radius 1 is 0.458 bits per heavy atom. The van der Waals surface area contributed by atoms with Crippen LogP contribution in [0.1, 0.15) is 29.8 Å². The van der Waals surface area contributed by atoms with Crippen molar-refractivity contribution in [1.82, 2.24) is 9.13 Å². The van der Waals surface area contributed by atoms with Crippen molar-refractivity contribution in [3.63, 3.8) is 0 Å². The second-order valence-corrected chi connectivity index (χ2v) is 15.6. The standard InChI is InChI=1S/C56H41N3/c1-37-16-9-10-21-46(37)56(44-31-30-41-34-40(28-29-42(41)35-44)39-17-5-3-6-18-39)57-38(2)58-52-26-14-12-23-50(52)55-47(24-15-27-53(55)58)43-32-33-49-48-22-11-13-25-51(48)59(54(49)36-43)45-19-7-4-8-20-45/h3-36,38H,1-2H3. The van der Waals surface area contributed by atoms with Crippen LogP contribution in [0, 0.1) is 6.92 Å². The Kier molecular flexibility index (Phi) is 8.34. The van der Waals surface area contributed by atoms with Gasteiger partial charge < -0.3 is 9.13 Å². The van der Waals surface area contributed by atoms with E-state index in [4.69, 9.17) is 4.99 Å². The average molecular weight is 756 g/mol. The molecular formula is C56H41N3. The first-order valence-electron chi connectivity index (χ1n) is 20.4. The molecule has 0 fully saturated rings. The topological polar surface area (TPSA) is 22.2 Å². The number of hydrogen-bond acceptors (Lipinski definition) is 1. The van der Waals surface area contributed by atoms with Gasteiger partial charge in [-0.15, -0.1) is 0 Å². The SMILES string of the molecule is Cc1ccccc1C(=NC(C)n1c2ccccc2c2c(-c3ccc4c5ccccc5n(-c5ccccc5)c4c3)cccc21)c1ccc2cc(-c3ccccc3)ccc2c1. The molecule has 9 aromatic carbocycles. The van der Waals surface area contributed by atoms with Gasteiger partial charge in [-0.05, 0) is 101 Å². The molecule has 0 radical (unpaired) electrons. The van der Waals surface area contributed by atoms with E-state index in [0.717, 1.165) is 22.5 Å². The van der Waals surface area contributed by atoms with Crippen molar-refractivity contribution in [2.24, 2.45) is 4.99 Å². The largest absolute Gasteiger partial charge is 0.318 e. The van der Waals surface area contributed by atoms with E-state index in [9.17, 15) is 0 Å². The van der Waals surface area contributed by atoms with Gasteiger partial charge in [0.1, 0.15) is 6.17 Å². The van der Waals surface area contributed by atoms with Gasteiger partial charge >= 0.3 is 0 Å². The maximum Gasteiger partial charge on any atom is 0.123 e. The molecule has 2 aromatic heterocycles. The number of rotatable bonds is 7. The van der Waals surface area contributed by atoms with E-state index in [2.05, 4.69) is 229 Å². The molecule has 0 spiro atoms. The number of hydrogen-bond donors (Lipinski definition) is 0. The molecule has 3 heteroatoms. The molecule has 0 N–H and O–H groups in total. The van der Waals surface area contributed by atoms with E-state index in [1.165, 1.54) is 82.2 Å². The summed E-state index contributed by atoms with van der Waals surface area (Å²) in [6.07, 6.45) is -0.207. The molecule has 0 saturated heterocycles. The lowest BCUT2D eigenvalue weighted by atomic mass is 9.95. The van der Waals surface area contributed by atoms with Gasteiger partial charge in [0.25, 0.3) is 0 Å². The molecule has 1 unspecified atom stereocenters. The van der Waals surface area contributed by atoms with Crippen molar-refractivity contribution in [1.29, 1.82) is 0 Å². The number of benzene rings is 9. The van der Waals surface area contributed by atoms with Gasteiger partial charge in [0.2, 0.25) is 0 Å². The van der Waals surface area contributed by atoms with Gasteiger partial charge in [-0.3, -0.25) is 4.99 Å². The van der Waals surface area contributed by atoms with E-state index in [1.807, 2.05) is 0 Å². The van der Waals surface area contributed by atoms with E-state index < -0.39 is 0 Å². The first kappa shape index (κ1) is 34.7. The van der Waals surface area contributed by atoms with Crippen LogP contribution in [0.15, 0.2) is 211 Å². The van der Waals surface area contributed by atoms with Crippen molar-refractivity contribution in [3.05, 3.63) is 223 Å². The summed E-state index contributed by atoms with van der Waals surface area (Å²) < 4.78 is 4.83. The van der Waals surface area contributed by atoms with Gasteiger partial charge in [-0.2, -0.15) is 0 Å². The number of nitrogens with zero attached hydrogens (tertiary/aromatic N) is 3. The number of fused-ring (bicyclic) bond motifs is 7. The second kappa shape index (κ2) is 14.2. The van der Waals surface area contributed by atoms with Crippen molar-refractivity contribution in [2.75, 3.05) is 0 Å².